The van der Waals surface area contributed by atoms with Crippen LogP contribution >= 0.6 is 0 Å². The van der Waals surface area contributed by atoms with Crippen molar-refractivity contribution in [2.24, 2.45) is 0 Å². The van der Waals surface area contributed by atoms with E-state index >= 15 is 0 Å². The second-order valence-electron chi connectivity index (χ2n) is 4.18. The smallest absolute Gasteiger partial charge is 0.0721 e. The molecule has 2 heteroatoms. The van der Waals surface area contributed by atoms with Crippen LogP contribution in [0.2, 0.25) is 0 Å². The van der Waals surface area contributed by atoms with Gasteiger partial charge in [-0.3, -0.25) is 4.98 Å². The second-order valence-corrected chi connectivity index (χ2v) is 4.18. The van der Waals surface area contributed by atoms with Gasteiger partial charge in [0.05, 0.1) is 17.2 Å². The van der Waals surface area contributed by atoms with E-state index < -0.39 is 0 Å². The molecule has 0 radical (unpaired) electrons. The van der Waals surface area contributed by atoms with Crippen molar-refractivity contribution in [3.63, 3.8) is 0 Å². The number of aromatic nitrogens is 2. The molecule has 0 saturated heterocycles. The Kier molecular flexibility index (Phi) is 2.22. The summed E-state index contributed by atoms with van der Waals surface area (Å²) in [6.07, 6.45) is 5.91. The predicted octanol–water partition coefficient (Wildman–Crippen LogP) is 4.07. The van der Waals surface area contributed by atoms with Crippen LogP contribution in [0, 0.1) is 0 Å². The molecule has 0 aliphatic rings. The van der Waals surface area contributed by atoms with Gasteiger partial charge in [0.25, 0.3) is 0 Å². The van der Waals surface area contributed by atoms with Gasteiger partial charge in [0.2, 0.25) is 0 Å². The topological polar surface area (TPSA) is 17.8 Å². The molecule has 0 bridgehead atoms. The van der Waals surface area contributed by atoms with Gasteiger partial charge in [-0.05, 0) is 26.0 Å². The van der Waals surface area contributed by atoms with Gasteiger partial charge >= 0.3 is 0 Å². The number of rotatable bonds is 1. The van der Waals surface area contributed by atoms with E-state index in [9.17, 15) is 0 Å². The SMILES string of the molecule is CC=C(C)n1c2ccccc2c2ccncc21. The van der Waals surface area contributed by atoms with Crippen molar-refractivity contribution in [3.8, 4) is 0 Å². The zero-order valence-corrected chi connectivity index (χ0v) is 10.0. The number of fused-ring (bicyclic) bond motifs is 3. The molecular formula is C15H14N2. The van der Waals surface area contributed by atoms with Gasteiger partial charge in [-0.15, -0.1) is 0 Å². The third-order valence-electron chi connectivity index (χ3n) is 3.25. The average Bonchev–Trinajstić information content (AvgIpc) is 2.72. The lowest BCUT2D eigenvalue weighted by Crippen LogP contribution is -1.92. The van der Waals surface area contributed by atoms with Gasteiger partial charge < -0.3 is 4.57 Å². The van der Waals surface area contributed by atoms with Crippen LogP contribution < -0.4 is 0 Å². The van der Waals surface area contributed by atoms with Gasteiger partial charge in [0.1, 0.15) is 0 Å². The Hall–Kier alpha value is -2.09. The van der Waals surface area contributed by atoms with Gasteiger partial charge in [0.15, 0.2) is 0 Å². The third kappa shape index (κ3) is 1.37. The van der Waals surface area contributed by atoms with Crippen molar-refractivity contribution in [1.82, 2.24) is 9.55 Å². The quantitative estimate of drug-likeness (QED) is 0.607. The minimum Gasteiger partial charge on any atom is -0.312 e. The Bertz CT molecular complexity index is 667. The molecule has 0 atom stereocenters. The van der Waals surface area contributed by atoms with Crippen LogP contribution in [0.15, 0.2) is 48.8 Å². The highest BCUT2D eigenvalue weighted by atomic mass is 15.0. The van der Waals surface area contributed by atoms with Gasteiger partial charge in [-0.1, -0.05) is 24.3 Å². The van der Waals surface area contributed by atoms with E-state index in [1.165, 1.54) is 27.5 Å². The van der Waals surface area contributed by atoms with Crippen LogP contribution in [-0.2, 0) is 0 Å². The van der Waals surface area contributed by atoms with Crippen molar-refractivity contribution in [1.29, 1.82) is 0 Å². The number of hydrogen-bond donors (Lipinski definition) is 0. The standard InChI is InChI=1S/C15H14N2/c1-3-11(2)17-14-7-5-4-6-12(14)13-8-9-16-10-15(13)17/h3-10H,1-2H3. The molecule has 84 valence electrons. The van der Waals surface area contributed by atoms with Crippen LogP contribution in [0.4, 0.5) is 0 Å². The van der Waals surface area contributed by atoms with E-state index in [1.54, 1.807) is 0 Å². The molecule has 17 heavy (non-hydrogen) atoms. The minimum atomic E-state index is 1.17. The van der Waals surface area contributed by atoms with Crippen LogP contribution in [-0.4, -0.2) is 9.55 Å². The predicted molar refractivity (Wildman–Crippen MR) is 72.9 cm³/mol. The molecule has 0 N–H and O–H groups in total. The van der Waals surface area contributed by atoms with Crippen molar-refractivity contribution in [2.45, 2.75) is 13.8 Å². The zero-order chi connectivity index (χ0) is 11.8. The summed E-state index contributed by atoms with van der Waals surface area (Å²) >= 11 is 0. The summed E-state index contributed by atoms with van der Waals surface area (Å²) in [7, 11) is 0. The van der Waals surface area contributed by atoms with Crippen LogP contribution in [0.3, 0.4) is 0 Å². The first-order valence-electron chi connectivity index (χ1n) is 5.79. The summed E-state index contributed by atoms with van der Waals surface area (Å²) in [6, 6.07) is 10.6. The zero-order valence-electron chi connectivity index (χ0n) is 10.0. The fraction of sp³-hybridized carbons (Fsp3) is 0.133. The van der Waals surface area contributed by atoms with Gasteiger partial charge in [0, 0.05) is 22.7 Å². The Morgan fingerprint density at radius 1 is 1.12 bits per heavy atom. The molecule has 3 rings (SSSR count). The first-order valence-corrected chi connectivity index (χ1v) is 5.79. The molecule has 0 saturated carbocycles. The summed E-state index contributed by atoms with van der Waals surface area (Å²) in [5.74, 6) is 0. The van der Waals surface area contributed by atoms with Crippen molar-refractivity contribution < 1.29 is 0 Å². The molecule has 0 unspecified atom stereocenters. The molecule has 2 aromatic heterocycles. The molecule has 2 heterocycles. The van der Waals surface area contributed by atoms with Crippen molar-refractivity contribution in [3.05, 3.63) is 48.8 Å². The van der Waals surface area contributed by atoms with Gasteiger partial charge in [-0.2, -0.15) is 0 Å². The highest BCUT2D eigenvalue weighted by Crippen LogP contribution is 2.30. The third-order valence-corrected chi connectivity index (χ3v) is 3.25. The Morgan fingerprint density at radius 3 is 2.71 bits per heavy atom. The molecule has 2 nitrogen and oxygen atoms in total. The van der Waals surface area contributed by atoms with Crippen LogP contribution in [0.1, 0.15) is 13.8 Å². The first kappa shape index (κ1) is 10.1. The average molecular weight is 222 g/mol. The minimum absolute atomic E-state index is 1.17. The summed E-state index contributed by atoms with van der Waals surface area (Å²) in [5, 5.41) is 2.54. The van der Waals surface area contributed by atoms with E-state index in [-0.39, 0.29) is 0 Å². The van der Waals surface area contributed by atoms with E-state index in [0.717, 1.165) is 0 Å². The van der Waals surface area contributed by atoms with E-state index in [2.05, 4.69) is 59.8 Å². The monoisotopic (exact) mass is 222 g/mol. The maximum absolute atomic E-state index is 4.24. The first-order chi connectivity index (χ1) is 8.33. The molecule has 0 aliphatic carbocycles. The van der Waals surface area contributed by atoms with E-state index in [4.69, 9.17) is 0 Å². The molecule has 0 spiro atoms. The second kappa shape index (κ2) is 3.74. The normalized spacial score (nSPS) is 12.5. The molecule has 0 aliphatic heterocycles. The highest BCUT2D eigenvalue weighted by Gasteiger charge is 2.10. The van der Waals surface area contributed by atoms with Crippen LogP contribution in [0.25, 0.3) is 27.5 Å². The Labute approximate surface area is 100 Å². The van der Waals surface area contributed by atoms with Gasteiger partial charge in [-0.25, -0.2) is 0 Å². The number of nitrogens with zero attached hydrogens (tertiary/aromatic N) is 2. The molecule has 1 aromatic carbocycles. The Morgan fingerprint density at radius 2 is 1.88 bits per heavy atom. The summed E-state index contributed by atoms with van der Waals surface area (Å²) in [6.45, 7) is 4.19. The largest absolute Gasteiger partial charge is 0.312 e. The number of hydrogen-bond acceptors (Lipinski definition) is 1. The summed E-state index contributed by atoms with van der Waals surface area (Å²) in [5.41, 5.74) is 3.64. The summed E-state index contributed by atoms with van der Waals surface area (Å²) in [4.78, 5) is 4.24. The molecular weight excluding hydrogens is 208 g/mol. The number of allylic oxidation sites excluding steroid dienone is 2. The Balaban J connectivity index is 2.59. The van der Waals surface area contributed by atoms with Crippen molar-refractivity contribution >= 4 is 27.5 Å². The number of pyridine rings is 1. The number of benzene rings is 1. The fourth-order valence-electron chi connectivity index (χ4n) is 2.33. The maximum atomic E-state index is 4.24. The lowest BCUT2D eigenvalue weighted by molar-refractivity contribution is 1.18. The highest BCUT2D eigenvalue weighted by molar-refractivity contribution is 6.09. The lowest BCUT2D eigenvalue weighted by atomic mass is 10.2. The molecule has 3 aromatic rings. The molecule has 0 amide bonds. The lowest BCUT2D eigenvalue weighted by Gasteiger charge is -2.06. The fourth-order valence-corrected chi connectivity index (χ4v) is 2.33. The van der Waals surface area contributed by atoms with Crippen molar-refractivity contribution in [2.75, 3.05) is 0 Å². The van der Waals surface area contributed by atoms with E-state index in [0.29, 0.717) is 0 Å². The summed E-state index contributed by atoms with van der Waals surface area (Å²) < 4.78 is 2.26. The molecule has 0 fully saturated rings. The maximum Gasteiger partial charge on any atom is 0.0721 e. The number of para-hydroxylation sites is 1. The van der Waals surface area contributed by atoms with E-state index in [1.807, 2.05) is 12.4 Å². The van der Waals surface area contributed by atoms with Crippen LogP contribution in [0.5, 0.6) is 0 Å².